The van der Waals surface area contributed by atoms with Crippen LogP contribution in [0, 0.1) is 11.3 Å². The zero-order valence-electron chi connectivity index (χ0n) is 12.4. The van der Waals surface area contributed by atoms with Gasteiger partial charge in [0.05, 0.1) is 11.5 Å². The van der Waals surface area contributed by atoms with Crippen LogP contribution in [-0.4, -0.2) is 66.1 Å². The lowest BCUT2D eigenvalue weighted by Crippen LogP contribution is -2.53. The number of likely N-dealkylation sites (tertiary alicyclic amines) is 1. The number of β-amino-alcohol motifs (C(OH)–C–C–N with tert-alkyl or cyclic N) is 1. The third-order valence-electron chi connectivity index (χ3n) is 4.69. The summed E-state index contributed by atoms with van der Waals surface area (Å²) in [5, 5.41) is 22.0. The average molecular weight is 300 g/mol. The largest absolute Gasteiger partial charge is 0.481 e. The summed E-state index contributed by atoms with van der Waals surface area (Å²) in [6.45, 7) is 3.77. The number of aliphatic hydroxyl groups excluding tert-OH is 1. The minimum atomic E-state index is -0.935. The molecule has 0 radical (unpaired) electrons. The topological polar surface area (TPSA) is 99.1 Å². The van der Waals surface area contributed by atoms with E-state index >= 15 is 0 Å². The average Bonchev–Trinajstić information content (AvgIpc) is 2.48. The second-order valence-corrected chi connectivity index (χ2v) is 6.14. The molecule has 0 aromatic carbocycles. The van der Waals surface area contributed by atoms with Crippen LogP contribution in [0.15, 0.2) is 0 Å². The summed E-state index contributed by atoms with van der Waals surface area (Å²) < 4.78 is 5.20. The summed E-state index contributed by atoms with van der Waals surface area (Å²) in [4.78, 5) is 25.2. The number of carboxylic acid groups (broad SMARTS) is 1. The number of aliphatic carboxylic acids is 1. The Morgan fingerprint density at radius 1 is 1.38 bits per heavy atom. The molecule has 0 saturated carbocycles. The van der Waals surface area contributed by atoms with Crippen LogP contribution < -0.4 is 5.32 Å². The molecule has 2 aliphatic heterocycles. The normalized spacial score (nSPS) is 29.0. The SMILES string of the molecule is CC1CCN(C(=O)NCC2(C(=O)O)CCOCC2)CC1O. The van der Waals surface area contributed by atoms with Gasteiger partial charge in [-0.05, 0) is 25.2 Å². The van der Waals surface area contributed by atoms with Crippen LogP contribution in [-0.2, 0) is 9.53 Å². The Hall–Kier alpha value is -1.34. The molecule has 2 saturated heterocycles. The van der Waals surface area contributed by atoms with E-state index in [2.05, 4.69) is 5.32 Å². The molecule has 0 aromatic rings. The van der Waals surface area contributed by atoms with Crippen LogP contribution in [0.25, 0.3) is 0 Å². The molecule has 2 aliphatic rings. The maximum atomic E-state index is 12.1. The van der Waals surface area contributed by atoms with Gasteiger partial charge < -0.3 is 25.2 Å². The predicted octanol–water partition coefficient (Wildman–Crippen LogP) is 0.280. The van der Waals surface area contributed by atoms with E-state index in [-0.39, 0.29) is 18.5 Å². The van der Waals surface area contributed by atoms with Crippen molar-refractivity contribution in [1.82, 2.24) is 10.2 Å². The Morgan fingerprint density at radius 2 is 2.05 bits per heavy atom. The number of urea groups is 1. The van der Waals surface area contributed by atoms with E-state index in [1.807, 2.05) is 6.92 Å². The Balaban J connectivity index is 1.89. The van der Waals surface area contributed by atoms with E-state index in [1.54, 1.807) is 4.90 Å². The molecule has 0 spiro atoms. The first kappa shape index (κ1) is 16.0. The van der Waals surface area contributed by atoms with Gasteiger partial charge in [-0.25, -0.2) is 4.79 Å². The lowest BCUT2D eigenvalue weighted by molar-refractivity contribution is -0.154. The van der Waals surface area contributed by atoms with Gasteiger partial charge in [-0.1, -0.05) is 6.92 Å². The van der Waals surface area contributed by atoms with Crippen molar-refractivity contribution in [3.63, 3.8) is 0 Å². The third kappa shape index (κ3) is 3.65. The van der Waals surface area contributed by atoms with E-state index < -0.39 is 17.5 Å². The van der Waals surface area contributed by atoms with Gasteiger partial charge in [0.25, 0.3) is 0 Å². The number of hydrogen-bond acceptors (Lipinski definition) is 4. The first-order valence-electron chi connectivity index (χ1n) is 7.46. The molecule has 0 aromatic heterocycles. The van der Waals surface area contributed by atoms with Gasteiger partial charge in [-0.15, -0.1) is 0 Å². The fourth-order valence-corrected chi connectivity index (χ4v) is 2.82. The minimum Gasteiger partial charge on any atom is -0.481 e. The quantitative estimate of drug-likeness (QED) is 0.695. The number of carbonyl (C=O) groups is 2. The maximum Gasteiger partial charge on any atom is 0.317 e. The van der Waals surface area contributed by atoms with Gasteiger partial charge in [-0.3, -0.25) is 4.79 Å². The van der Waals surface area contributed by atoms with Crippen molar-refractivity contribution in [3.8, 4) is 0 Å². The Labute approximate surface area is 124 Å². The van der Waals surface area contributed by atoms with Gasteiger partial charge in [0.2, 0.25) is 0 Å². The Morgan fingerprint density at radius 3 is 2.62 bits per heavy atom. The van der Waals surface area contributed by atoms with Gasteiger partial charge in [-0.2, -0.15) is 0 Å². The third-order valence-corrected chi connectivity index (χ3v) is 4.69. The highest BCUT2D eigenvalue weighted by atomic mass is 16.5. The van der Waals surface area contributed by atoms with Crippen molar-refractivity contribution < 1.29 is 24.5 Å². The van der Waals surface area contributed by atoms with Crippen LogP contribution in [0.1, 0.15) is 26.2 Å². The number of nitrogens with zero attached hydrogens (tertiary/aromatic N) is 1. The Bertz CT molecular complexity index is 395. The number of amides is 2. The van der Waals surface area contributed by atoms with Crippen LogP contribution in [0.4, 0.5) is 4.79 Å². The van der Waals surface area contributed by atoms with Crippen molar-refractivity contribution >= 4 is 12.0 Å². The van der Waals surface area contributed by atoms with Crippen molar-refractivity contribution in [2.24, 2.45) is 11.3 Å². The molecule has 2 unspecified atom stereocenters. The van der Waals surface area contributed by atoms with Crippen LogP contribution in [0.5, 0.6) is 0 Å². The number of carbonyl (C=O) groups excluding carboxylic acids is 1. The van der Waals surface area contributed by atoms with E-state index in [4.69, 9.17) is 4.74 Å². The number of hydrogen-bond donors (Lipinski definition) is 3. The number of carboxylic acids is 1. The summed E-state index contributed by atoms with van der Waals surface area (Å²) in [6, 6.07) is -0.298. The summed E-state index contributed by atoms with van der Waals surface area (Å²) in [5.74, 6) is -0.701. The summed E-state index contributed by atoms with van der Waals surface area (Å²) in [5.41, 5.74) is -0.935. The first-order chi connectivity index (χ1) is 9.94. The van der Waals surface area contributed by atoms with Crippen LogP contribution in [0.2, 0.25) is 0 Å². The number of nitrogens with one attached hydrogen (secondary N) is 1. The van der Waals surface area contributed by atoms with Gasteiger partial charge in [0, 0.05) is 32.8 Å². The van der Waals surface area contributed by atoms with Crippen LogP contribution in [0.3, 0.4) is 0 Å². The predicted molar refractivity (Wildman–Crippen MR) is 74.9 cm³/mol. The summed E-state index contributed by atoms with van der Waals surface area (Å²) in [6.07, 6.45) is 1.05. The summed E-state index contributed by atoms with van der Waals surface area (Å²) in [7, 11) is 0. The highest BCUT2D eigenvalue weighted by molar-refractivity contribution is 5.78. The van der Waals surface area contributed by atoms with Gasteiger partial charge in [0.15, 0.2) is 0 Å². The zero-order valence-corrected chi connectivity index (χ0v) is 12.4. The fourth-order valence-electron chi connectivity index (χ4n) is 2.82. The van der Waals surface area contributed by atoms with Gasteiger partial charge in [0.1, 0.15) is 0 Å². The lowest BCUT2D eigenvalue weighted by Gasteiger charge is -2.36. The molecular formula is C14H24N2O5. The van der Waals surface area contributed by atoms with Gasteiger partial charge >= 0.3 is 12.0 Å². The summed E-state index contributed by atoms with van der Waals surface area (Å²) >= 11 is 0. The van der Waals surface area contributed by atoms with Crippen molar-refractivity contribution in [1.29, 1.82) is 0 Å². The molecule has 7 heteroatoms. The minimum absolute atomic E-state index is 0.104. The molecule has 0 aliphatic carbocycles. The highest BCUT2D eigenvalue weighted by Gasteiger charge is 2.41. The van der Waals surface area contributed by atoms with E-state index in [1.165, 1.54) is 0 Å². The van der Waals surface area contributed by atoms with Crippen molar-refractivity contribution in [2.75, 3.05) is 32.8 Å². The number of ether oxygens (including phenoxy) is 1. The van der Waals surface area contributed by atoms with Crippen molar-refractivity contribution in [2.45, 2.75) is 32.3 Å². The second kappa shape index (κ2) is 6.62. The molecule has 7 nitrogen and oxygen atoms in total. The molecule has 0 bridgehead atoms. The molecule has 2 amide bonds. The lowest BCUT2D eigenvalue weighted by atomic mass is 9.80. The molecule has 2 fully saturated rings. The van der Waals surface area contributed by atoms with Crippen LogP contribution >= 0.6 is 0 Å². The fraction of sp³-hybridized carbons (Fsp3) is 0.857. The smallest absolute Gasteiger partial charge is 0.317 e. The molecule has 2 heterocycles. The maximum absolute atomic E-state index is 12.1. The number of aliphatic hydroxyl groups is 1. The molecule has 3 N–H and O–H groups in total. The van der Waals surface area contributed by atoms with E-state index in [0.29, 0.717) is 39.1 Å². The monoisotopic (exact) mass is 300 g/mol. The van der Waals surface area contributed by atoms with E-state index in [0.717, 1.165) is 6.42 Å². The van der Waals surface area contributed by atoms with E-state index in [9.17, 15) is 19.8 Å². The highest BCUT2D eigenvalue weighted by Crippen LogP contribution is 2.30. The zero-order chi connectivity index (χ0) is 15.5. The molecule has 2 rings (SSSR count). The molecular weight excluding hydrogens is 276 g/mol. The second-order valence-electron chi connectivity index (χ2n) is 6.14. The standard InChI is InChI=1S/C14H24N2O5/c1-10-2-5-16(8-11(10)17)13(20)15-9-14(12(18)19)3-6-21-7-4-14/h10-11,17H,2-9H2,1H3,(H,15,20)(H,18,19). The molecule has 21 heavy (non-hydrogen) atoms. The molecule has 120 valence electrons. The Kier molecular flexibility index (Phi) is 5.05. The number of piperidine rings is 1. The number of rotatable bonds is 3. The first-order valence-corrected chi connectivity index (χ1v) is 7.46. The van der Waals surface area contributed by atoms with Crippen molar-refractivity contribution in [3.05, 3.63) is 0 Å². The molecule has 2 atom stereocenters.